The van der Waals surface area contributed by atoms with Crippen LogP contribution in [0.2, 0.25) is 0 Å². The van der Waals surface area contributed by atoms with Gasteiger partial charge < -0.3 is 10.0 Å². The fraction of sp³-hybridized carbons (Fsp3) is 0.529. The number of likely N-dealkylation sites (tertiary alicyclic amines) is 1. The number of aliphatic carboxylic acids is 1. The summed E-state index contributed by atoms with van der Waals surface area (Å²) in [6.45, 7) is 4.51. The molecule has 1 amide bonds. The third-order valence-electron chi connectivity index (χ3n) is 4.29. The lowest BCUT2D eigenvalue weighted by Crippen LogP contribution is -2.53. The first-order valence-corrected chi connectivity index (χ1v) is 7.59. The van der Waals surface area contributed by atoms with Crippen molar-refractivity contribution < 1.29 is 14.7 Å². The number of hydrogen-bond donors (Lipinski definition) is 1. The third-order valence-corrected chi connectivity index (χ3v) is 4.29. The summed E-state index contributed by atoms with van der Waals surface area (Å²) in [4.78, 5) is 25.9. The highest BCUT2D eigenvalue weighted by molar-refractivity contribution is 5.88. The molecular formula is C17H23NO3. The van der Waals surface area contributed by atoms with Gasteiger partial charge in [0.05, 0.1) is 6.42 Å². The van der Waals surface area contributed by atoms with Crippen LogP contribution in [-0.2, 0) is 16.0 Å². The molecule has 0 radical (unpaired) electrons. The molecule has 1 N–H and O–H groups in total. The van der Waals surface area contributed by atoms with Crippen molar-refractivity contribution in [1.82, 2.24) is 4.90 Å². The first-order chi connectivity index (χ1) is 9.99. The molecule has 21 heavy (non-hydrogen) atoms. The van der Waals surface area contributed by atoms with Crippen LogP contribution in [0, 0.1) is 6.92 Å². The van der Waals surface area contributed by atoms with E-state index in [1.165, 1.54) is 0 Å². The molecule has 0 aliphatic carbocycles. The summed E-state index contributed by atoms with van der Waals surface area (Å²) >= 11 is 0. The minimum atomic E-state index is -0.990. The van der Waals surface area contributed by atoms with E-state index in [2.05, 4.69) is 0 Å². The molecule has 1 fully saturated rings. The van der Waals surface area contributed by atoms with E-state index in [1.807, 2.05) is 38.1 Å². The molecule has 1 aliphatic heterocycles. The van der Waals surface area contributed by atoms with Crippen LogP contribution < -0.4 is 0 Å². The molecule has 1 saturated heterocycles. The van der Waals surface area contributed by atoms with Crippen molar-refractivity contribution in [3.63, 3.8) is 0 Å². The van der Waals surface area contributed by atoms with Gasteiger partial charge in [-0.2, -0.15) is 0 Å². The number of carbonyl (C=O) groups excluding carboxylic acids is 1. The van der Waals surface area contributed by atoms with Gasteiger partial charge in [-0.25, -0.2) is 4.79 Å². The molecule has 1 aromatic rings. The van der Waals surface area contributed by atoms with Crippen molar-refractivity contribution in [3.8, 4) is 0 Å². The van der Waals surface area contributed by atoms with E-state index in [1.54, 1.807) is 4.90 Å². The molecule has 114 valence electrons. The molecule has 1 unspecified atom stereocenters. The van der Waals surface area contributed by atoms with E-state index in [9.17, 15) is 14.7 Å². The summed E-state index contributed by atoms with van der Waals surface area (Å²) in [5.41, 5.74) is 1.07. The van der Waals surface area contributed by atoms with Crippen LogP contribution in [-0.4, -0.2) is 34.0 Å². The van der Waals surface area contributed by atoms with Crippen LogP contribution in [0.25, 0.3) is 0 Å². The van der Waals surface area contributed by atoms with Gasteiger partial charge >= 0.3 is 5.97 Å². The number of rotatable bonds is 5. The monoisotopic (exact) mass is 289 g/mol. The molecule has 1 aliphatic rings. The molecule has 0 saturated carbocycles. The van der Waals surface area contributed by atoms with Gasteiger partial charge in [0.15, 0.2) is 0 Å². The van der Waals surface area contributed by atoms with Gasteiger partial charge in [-0.05, 0) is 31.7 Å². The Morgan fingerprint density at radius 1 is 1.38 bits per heavy atom. The lowest BCUT2D eigenvalue weighted by molar-refractivity contribution is -0.156. The Morgan fingerprint density at radius 3 is 2.76 bits per heavy atom. The zero-order valence-electron chi connectivity index (χ0n) is 12.8. The molecule has 1 atom stereocenters. The lowest BCUT2D eigenvalue weighted by Gasteiger charge is -2.34. The Morgan fingerprint density at radius 2 is 2.14 bits per heavy atom. The topological polar surface area (TPSA) is 57.6 Å². The summed E-state index contributed by atoms with van der Waals surface area (Å²) in [5, 5.41) is 9.63. The van der Waals surface area contributed by atoms with Crippen LogP contribution >= 0.6 is 0 Å². The quantitative estimate of drug-likeness (QED) is 0.906. The second-order valence-corrected chi connectivity index (χ2v) is 5.90. The average Bonchev–Trinajstić information content (AvgIpc) is 2.84. The van der Waals surface area contributed by atoms with Crippen LogP contribution in [0.1, 0.15) is 43.7 Å². The van der Waals surface area contributed by atoms with Crippen molar-refractivity contribution in [1.29, 1.82) is 0 Å². The summed E-state index contributed by atoms with van der Waals surface area (Å²) in [6, 6.07) is 7.82. The summed E-state index contributed by atoms with van der Waals surface area (Å²) in [5.74, 6) is -0.937. The van der Waals surface area contributed by atoms with E-state index < -0.39 is 11.5 Å². The number of nitrogens with zero attached hydrogens (tertiary/aromatic N) is 1. The molecule has 1 heterocycles. The van der Waals surface area contributed by atoms with Gasteiger partial charge in [0.1, 0.15) is 5.54 Å². The van der Waals surface area contributed by atoms with Crippen LogP contribution in [0.15, 0.2) is 24.3 Å². The van der Waals surface area contributed by atoms with Crippen LogP contribution in [0.4, 0.5) is 0 Å². The third kappa shape index (κ3) is 3.09. The Bertz CT molecular complexity index is 541. The SMILES string of the molecule is CCCC1(C(=O)O)CCCN1C(=O)Cc1cccc(C)c1. The van der Waals surface area contributed by atoms with E-state index in [4.69, 9.17) is 0 Å². The van der Waals surface area contributed by atoms with Gasteiger partial charge in [0, 0.05) is 6.54 Å². The molecule has 2 rings (SSSR count). The van der Waals surface area contributed by atoms with Crippen molar-refractivity contribution >= 4 is 11.9 Å². The zero-order valence-corrected chi connectivity index (χ0v) is 12.8. The van der Waals surface area contributed by atoms with Crippen LogP contribution in [0.3, 0.4) is 0 Å². The van der Waals surface area contributed by atoms with Crippen molar-refractivity contribution in [2.75, 3.05) is 6.54 Å². The smallest absolute Gasteiger partial charge is 0.329 e. The van der Waals surface area contributed by atoms with E-state index in [-0.39, 0.29) is 12.3 Å². The van der Waals surface area contributed by atoms with Crippen molar-refractivity contribution in [2.45, 2.75) is 51.5 Å². The first-order valence-electron chi connectivity index (χ1n) is 7.59. The van der Waals surface area contributed by atoms with Gasteiger partial charge in [0.25, 0.3) is 0 Å². The highest BCUT2D eigenvalue weighted by atomic mass is 16.4. The highest BCUT2D eigenvalue weighted by Crippen LogP contribution is 2.34. The molecule has 4 nitrogen and oxygen atoms in total. The zero-order chi connectivity index (χ0) is 15.5. The number of carboxylic acid groups (broad SMARTS) is 1. The first kappa shape index (κ1) is 15.5. The number of aryl methyl sites for hydroxylation is 1. The van der Waals surface area contributed by atoms with E-state index in [0.717, 1.165) is 24.0 Å². The Labute approximate surface area is 125 Å². The van der Waals surface area contributed by atoms with Gasteiger partial charge in [-0.1, -0.05) is 43.2 Å². The minimum Gasteiger partial charge on any atom is -0.479 e. The predicted molar refractivity (Wildman–Crippen MR) is 81.1 cm³/mol. The normalized spacial score (nSPS) is 21.5. The minimum absolute atomic E-state index is 0.0750. The predicted octanol–water partition coefficient (Wildman–Crippen LogP) is 2.78. The maximum absolute atomic E-state index is 12.6. The number of amides is 1. The van der Waals surface area contributed by atoms with Crippen LogP contribution in [0.5, 0.6) is 0 Å². The Kier molecular flexibility index (Phi) is 4.66. The summed E-state index contributed by atoms with van der Waals surface area (Å²) < 4.78 is 0. The molecular weight excluding hydrogens is 266 g/mol. The summed E-state index contributed by atoms with van der Waals surface area (Å²) in [7, 11) is 0. The molecule has 4 heteroatoms. The number of hydrogen-bond acceptors (Lipinski definition) is 2. The van der Waals surface area contributed by atoms with Gasteiger partial charge in [-0.15, -0.1) is 0 Å². The maximum atomic E-state index is 12.6. The fourth-order valence-electron chi connectivity index (χ4n) is 3.34. The highest BCUT2D eigenvalue weighted by Gasteiger charge is 2.48. The molecule has 0 aromatic heterocycles. The van der Waals surface area contributed by atoms with Crippen molar-refractivity contribution in [2.24, 2.45) is 0 Å². The Hall–Kier alpha value is -1.84. The van der Waals surface area contributed by atoms with Gasteiger partial charge in [0.2, 0.25) is 5.91 Å². The largest absolute Gasteiger partial charge is 0.479 e. The number of benzene rings is 1. The van der Waals surface area contributed by atoms with Gasteiger partial charge in [-0.3, -0.25) is 4.79 Å². The average molecular weight is 289 g/mol. The molecule has 1 aromatic carbocycles. The fourth-order valence-corrected chi connectivity index (χ4v) is 3.34. The number of carboxylic acids is 1. The number of carbonyl (C=O) groups is 2. The van der Waals surface area contributed by atoms with E-state index >= 15 is 0 Å². The lowest BCUT2D eigenvalue weighted by atomic mass is 9.90. The second kappa shape index (κ2) is 6.29. The molecule has 0 spiro atoms. The summed E-state index contributed by atoms with van der Waals surface area (Å²) in [6.07, 6.45) is 2.91. The standard InChI is InChI=1S/C17H23NO3/c1-3-8-17(16(20)21)9-5-10-18(17)15(19)12-14-7-4-6-13(2)11-14/h4,6-7,11H,3,5,8-10,12H2,1-2H3,(H,20,21). The van der Waals surface area contributed by atoms with Crippen molar-refractivity contribution in [3.05, 3.63) is 35.4 Å². The molecule has 0 bridgehead atoms. The maximum Gasteiger partial charge on any atom is 0.329 e. The Balaban J connectivity index is 2.19. The second-order valence-electron chi connectivity index (χ2n) is 5.90. The van der Waals surface area contributed by atoms with E-state index in [0.29, 0.717) is 19.4 Å².